The summed E-state index contributed by atoms with van der Waals surface area (Å²) in [6.45, 7) is 1.92. The summed E-state index contributed by atoms with van der Waals surface area (Å²) in [6, 6.07) is 9.45. The average Bonchev–Trinajstić information content (AvgIpc) is 3.16. The van der Waals surface area contributed by atoms with Gasteiger partial charge in [0.2, 0.25) is 11.7 Å². The van der Waals surface area contributed by atoms with Gasteiger partial charge < -0.3 is 19.5 Å². The fourth-order valence-electron chi connectivity index (χ4n) is 3.02. The number of nitrogens with zero attached hydrogens (tertiary/aromatic N) is 3. The molecule has 2 amide bonds. The van der Waals surface area contributed by atoms with E-state index >= 15 is 0 Å². The fraction of sp³-hybridized carbons (Fsp3) is 0.500. The predicted octanol–water partition coefficient (Wildman–Crippen LogP) is 3.01. The molecular weight excluding hydrogens is 320 g/mol. The standard InChI is InChI=1S/C18H24N4O3/c1-24-13-7-11-19-18(23)22-12-6-5-10-15(22)17-20-16(21-25-17)14-8-3-2-4-9-14/h2-4,8-9,15H,5-7,10-13H2,1H3,(H,19,23). The Hall–Kier alpha value is -2.41. The topological polar surface area (TPSA) is 80.5 Å². The highest BCUT2D eigenvalue weighted by atomic mass is 16.5. The minimum Gasteiger partial charge on any atom is -0.385 e. The van der Waals surface area contributed by atoms with Crippen LogP contribution in [-0.2, 0) is 4.74 Å². The number of methoxy groups -OCH3 is 1. The van der Waals surface area contributed by atoms with Crippen molar-refractivity contribution in [1.29, 1.82) is 0 Å². The van der Waals surface area contributed by atoms with Crippen molar-refractivity contribution in [2.45, 2.75) is 31.7 Å². The second-order valence-electron chi connectivity index (χ2n) is 6.11. The minimum absolute atomic E-state index is 0.0831. The van der Waals surface area contributed by atoms with Crippen molar-refractivity contribution in [1.82, 2.24) is 20.4 Å². The molecule has 0 aliphatic carbocycles. The van der Waals surface area contributed by atoms with Crippen molar-refractivity contribution in [2.24, 2.45) is 0 Å². The first-order valence-corrected chi connectivity index (χ1v) is 8.72. The molecule has 134 valence electrons. The van der Waals surface area contributed by atoms with E-state index in [0.717, 1.165) is 31.2 Å². The molecule has 0 bridgehead atoms. The SMILES string of the molecule is COCCCNC(=O)N1CCCCC1c1nc(-c2ccccc2)no1. The van der Waals surface area contributed by atoms with E-state index in [1.165, 1.54) is 0 Å². The van der Waals surface area contributed by atoms with Crippen LogP contribution in [0.4, 0.5) is 4.79 Å². The molecule has 0 saturated carbocycles. The molecule has 3 rings (SSSR count). The van der Waals surface area contributed by atoms with Gasteiger partial charge in [0.15, 0.2) is 0 Å². The molecule has 0 spiro atoms. The van der Waals surface area contributed by atoms with Gasteiger partial charge in [0.25, 0.3) is 0 Å². The Bertz CT molecular complexity index is 674. The van der Waals surface area contributed by atoms with Gasteiger partial charge in [0.1, 0.15) is 6.04 Å². The molecule has 1 unspecified atom stereocenters. The van der Waals surface area contributed by atoms with Crippen LogP contribution >= 0.6 is 0 Å². The summed E-state index contributed by atoms with van der Waals surface area (Å²) < 4.78 is 10.5. The van der Waals surface area contributed by atoms with E-state index in [9.17, 15) is 4.79 Å². The van der Waals surface area contributed by atoms with Crippen LogP contribution in [0.5, 0.6) is 0 Å². The predicted molar refractivity (Wildman–Crippen MR) is 92.9 cm³/mol. The van der Waals surface area contributed by atoms with Gasteiger partial charge in [-0.1, -0.05) is 35.5 Å². The van der Waals surface area contributed by atoms with E-state index in [-0.39, 0.29) is 12.1 Å². The third kappa shape index (κ3) is 4.36. The Morgan fingerprint density at radius 3 is 3.00 bits per heavy atom. The number of hydrogen-bond donors (Lipinski definition) is 1. The van der Waals surface area contributed by atoms with Gasteiger partial charge in [-0.3, -0.25) is 0 Å². The Morgan fingerprint density at radius 1 is 1.36 bits per heavy atom. The van der Waals surface area contributed by atoms with Crippen LogP contribution in [0.3, 0.4) is 0 Å². The molecular formula is C18H24N4O3. The number of ether oxygens (including phenoxy) is 1. The first-order valence-electron chi connectivity index (χ1n) is 8.72. The van der Waals surface area contributed by atoms with Crippen LogP contribution in [0.15, 0.2) is 34.9 Å². The average molecular weight is 344 g/mol. The first kappa shape index (κ1) is 17.4. The normalized spacial score (nSPS) is 17.5. The van der Waals surface area contributed by atoms with Gasteiger partial charge in [-0.25, -0.2) is 4.79 Å². The fourth-order valence-corrected chi connectivity index (χ4v) is 3.02. The molecule has 1 saturated heterocycles. The molecule has 1 N–H and O–H groups in total. The van der Waals surface area contributed by atoms with Crippen LogP contribution < -0.4 is 5.32 Å². The van der Waals surface area contributed by atoms with Gasteiger partial charge in [0, 0.05) is 32.4 Å². The van der Waals surface area contributed by atoms with E-state index < -0.39 is 0 Å². The highest BCUT2D eigenvalue weighted by molar-refractivity contribution is 5.74. The van der Waals surface area contributed by atoms with Gasteiger partial charge in [-0.2, -0.15) is 4.98 Å². The maximum atomic E-state index is 12.5. The molecule has 1 aliphatic heterocycles. The monoisotopic (exact) mass is 344 g/mol. The smallest absolute Gasteiger partial charge is 0.318 e. The molecule has 1 atom stereocenters. The summed E-state index contributed by atoms with van der Waals surface area (Å²) in [5.74, 6) is 1.06. The van der Waals surface area contributed by atoms with Crippen LogP contribution in [-0.4, -0.2) is 47.9 Å². The van der Waals surface area contributed by atoms with Crippen molar-refractivity contribution >= 4 is 6.03 Å². The van der Waals surface area contributed by atoms with Crippen LogP contribution in [0, 0.1) is 0 Å². The number of hydrogen-bond acceptors (Lipinski definition) is 5. The third-order valence-electron chi connectivity index (χ3n) is 4.32. The Morgan fingerprint density at radius 2 is 2.20 bits per heavy atom. The number of likely N-dealkylation sites (tertiary alicyclic amines) is 1. The van der Waals surface area contributed by atoms with Crippen molar-refractivity contribution < 1.29 is 14.1 Å². The lowest BCUT2D eigenvalue weighted by atomic mass is 10.0. The lowest BCUT2D eigenvalue weighted by Crippen LogP contribution is -2.45. The third-order valence-corrected chi connectivity index (χ3v) is 4.32. The van der Waals surface area contributed by atoms with Crippen LogP contribution in [0.1, 0.15) is 37.6 Å². The number of benzene rings is 1. The molecule has 7 nitrogen and oxygen atoms in total. The number of carbonyl (C=O) groups excluding carboxylic acids is 1. The van der Waals surface area contributed by atoms with Gasteiger partial charge >= 0.3 is 6.03 Å². The zero-order chi connectivity index (χ0) is 17.5. The van der Waals surface area contributed by atoms with Crippen LogP contribution in [0.2, 0.25) is 0 Å². The summed E-state index contributed by atoms with van der Waals surface area (Å²) in [6.07, 6.45) is 3.66. The zero-order valence-electron chi connectivity index (χ0n) is 14.5. The zero-order valence-corrected chi connectivity index (χ0v) is 14.5. The molecule has 1 aromatic heterocycles. The molecule has 7 heteroatoms. The second-order valence-corrected chi connectivity index (χ2v) is 6.11. The molecule has 1 aromatic carbocycles. The number of urea groups is 1. The lowest BCUT2D eigenvalue weighted by molar-refractivity contribution is 0.131. The number of aromatic nitrogens is 2. The van der Waals surface area contributed by atoms with E-state index in [1.54, 1.807) is 12.0 Å². The number of carbonyl (C=O) groups is 1. The number of amides is 2. The molecule has 2 heterocycles. The maximum Gasteiger partial charge on any atom is 0.318 e. The minimum atomic E-state index is -0.166. The summed E-state index contributed by atoms with van der Waals surface area (Å²) in [4.78, 5) is 18.8. The summed E-state index contributed by atoms with van der Waals surface area (Å²) in [7, 11) is 1.66. The summed E-state index contributed by atoms with van der Waals surface area (Å²) >= 11 is 0. The molecule has 1 aliphatic rings. The van der Waals surface area contributed by atoms with Crippen LogP contribution in [0.25, 0.3) is 11.4 Å². The van der Waals surface area contributed by atoms with Crippen molar-refractivity contribution in [3.63, 3.8) is 0 Å². The lowest BCUT2D eigenvalue weighted by Gasteiger charge is -2.33. The number of nitrogens with one attached hydrogen (secondary N) is 1. The quantitative estimate of drug-likeness (QED) is 0.815. The first-order chi connectivity index (χ1) is 12.3. The van der Waals surface area contributed by atoms with Gasteiger partial charge in [-0.05, 0) is 25.7 Å². The van der Waals surface area contributed by atoms with Gasteiger partial charge in [-0.15, -0.1) is 0 Å². The maximum absolute atomic E-state index is 12.5. The van der Waals surface area contributed by atoms with Gasteiger partial charge in [0.05, 0.1) is 0 Å². The molecule has 25 heavy (non-hydrogen) atoms. The molecule has 1 fully saturated rings. The van der Waals surface area contributed by atoms with E-state index in [2.05, 4.69) is 15.5 Å². The summed E-state index contributed by atoms with van der Waals surface area (Å²) in [5.41, 5.74) is 0.906. The van der Waals surface area contributed by atoms with E-state index in [0.29, 0.717) is 31.4 Å². The van der Waals surface area contributed by atoms with Crippen molar-refractivity contribution in [2.75, 3.05) is 26.8 Å². The van der Waals surface area contributed by atoms with E-state index in [1.807, 2.05) is 30.3 Å². The largest absolute Gasteiger partial charge is 0.385 e. The molecule has 2 aromatic rings. The highest BCUT2D eigenvalue weighted by Gasteiger charge is 2.32. The highest BCUT2D eigenvalue weighted by Crippen LogP contribution is 2.31. The Balaban J connectivity index is 1.68. The Kier molecular flexibility index (Phi) is 6.00. The molecule has 0 radical (unpaired) electrons. The summed E-state index contributed by atoms with van der Waals surface area (Å²) in [5, 5.41) is 7.02. The van der Waals surface area contributed by atoms with E-state index in [4.69, 9.17) is 9.26 Å². The number of piperidine rings is 1. The second kappa shape index (κ2) is 8.62. The Labute approximate surface area is 147 Å². The van der Waals surface area contributed by atoms with Crippen molar-refractivity contribution in [3.8, 4) is 11.4 Å². The van der Waals surface area contributed by atoms with Crippen molar-refractivity contribution in [3.05, 3.63) is 36.2 Å². The number of rotatable bonds is 6.